The van der Waals surface area contributed by atoms with Crippen molar-refractivity contribution in [3.8, 4) is 5.75 Å². The fourth-order valence-electron chi connectivity index (χ4n) is 2.30. The van der Waals surface area contributed by atoms with E-state index in [1.165, 1.54) is 17.7 Å². The molecule has 0 saturated carbocycles. The van der Waals surface area contributed by atoms with Gasteiger partial charge in [0.1, 0.15) is 11.4 Å². The van der Waals surface area contributed by atoms with Gasteiger partial charge in [0.25, 0.3) is 17.4 Å². The van der Waals surface area contributed by atoms with Gasteiger partial charge in [-0.25, -0.2) is 9.50 Å². The molecule has 24 heavy (non-hydrogen) atoms. The number of methoxy groups -OCH3 is 1. The van der Waals surface area contributed by atoms with Crippen LogP contribution >= 0.6 is 0 Å². The highest BCUT2D eigenvalue weighted by Gasteiger charge is 2.15. The van der Waals surface area contributed by atoms with E-state index in [1.54, 1.807) is 18.2 Å². The summed E-state index contributed by atoms with van der Waals surface area (Å²) in [4.78, 5) is 29.1. The standard InChI is InChI=1S/C13H10N8O3/c1-24-6-2-3-8-7(4-6)12(23)21-10(14-8)5-9(18-21)11(22)15-13-16-19-20-17-13/h2-5,18H,1H3,(H2,15,16,17,19,20,22). The number of H-pyrrole nitrogens is 2. The summed E-state index contributed by atoms with van der Waals surface area (Å²) in [6.45, 7) is 0. The van der Waals surface area contributed by atoms with Crippen LogP contribution in [0.1, 0.15) is 10.5 Å². The highest BCUT2D eigenvalue weighted by atomic mass is 16.5. The molecule has 0 bridgehead atoms. The summed E-state index contributed by atoms with van der Waals surface area (Å²) in [6.07, 6.45) is 0. The number of benzene rings is 1. The monoisotopic (exact) mass is 326 g/mol. The molecule has 3 aromatic heterocycles. The zero-order chi connectivity index (χ0) is 16.7. The fraction of sp³-hybridized carbons (Fsp3) is 0.0769. The van der Waals surface area contributed by atoms with E-state index in [4.69, 9.17) is 4.74 Å². The molecule has 0 aliphatic rings. The van der Waals surface area contributed by atoms with E-state index in [-0.39, 0.29) is 17.2 Å². The number of aromatic nitrogens is 7. The molecule has 0 radical (unpaired) electrons. The summed E-state index contributed by atoms with van der Waals surface area (Å²) >= 11 is 0. The van der Waals surface area contributed by atoms with Crippen LogP contribution in [-0.4, -0.2) is 48.2 Å². The molecule has 0 aliphatic heterocycles. The zero-order valence-electron chi connectivity index (χ0n) is 12.3. The number of rotatable bonds is 3. The first-order valence-corrected chi connectivity index (χ1v) is 6.80. The number of nitrogens with one attached hydrogen (secondary N) is 3. The maximum Gasteiger partial charge on any atom is 0.280 e. The minimum Gasteiger partial charge on any atom is -0.497 e. The molecule has 0 aliphatic carbocycles. The Morgan fingerprint density at radius 2 is 2.21 bits per heavy atom. The van der Waals surface area contributed by atoms with Gasteiger partial charge in [0, 0.05) is 6.07 Å². The Balaban J connectivity index is 1.82. The van der Waals surface area contributed by atoms with E-state index in [2.05, 4.69) is 36.0 Å². The van der Waals surface area contributed by atoms with Crippen molar-refractivity contribution in [1.29, 1.82) is 0 Å². The van der Waals surface area contributed by atoms with Crippen molar-refractivity contribution >= 4 is 28.4 Å². The predicted molar refractivity (Wildman–Crippen MR) is 82.0 cm³/mol. The summed E-state index contributed by atoms with van der Waals surface area (Å²) in [5.74, 6) is 0.0415. The second-order valence-electron chi connectivity index (χ2n) is 4.85. The third-order valence-electron chi connectivity index (χ3n) is 3.42. The number of aromatic amines is 2. The molecular formula is C13H10N8O3. The molecule has 1 aromatic carbocycles. The molecule has 3 N–H and O–H groups in total. The van der Waals surface area contributed by atoms with E-state index in [9.17, 15) is 9.59 Å². The molecule has 0 saturated heterocycles. The van der Waals surface area contributed by atoms with Crippen molar-refractivity contribution in [2.45, 2.75) is 0 Å². The summed E-state index contributed by atoms with van der Waals surface area (Å²) in [7, 11) is 1.51. The number of fused-ring (bicyclic) bond motifs is 2. The van der Waals surface area contributed by atoms with Crippen LogP contribution in [0.3, 0.4) is 0 Å². The maximum atomic E-state index is 12.6. The second kappa shape index (κ2) is 5.15. The van der Waals surface area contributed by atoms with Gasteiger partial charge in [-0.3, -0.25) is 20.0 Å². The highest BCUT2D eigenvalue weighted by molar-refractivity contribution is 6.02. The Hall–Kier alpha value is -3.76. The SMILES string of the molecule is COc1ccc2nc3cc(C(=O)Nc4nn[nH]n4)[nH]n3c(=O)c2c1. The Kier molecular flexibility index (Phi) is 2.98. The first kappa shape index (κ1) is 13.9. The Bertz CT molecular complexity index is 1110. The number of tetrazole rings is 1. The average molecular weight is 326 g/mol. The number of nitrogens with zero attached hydrogens (tertiary/aromatic N) is 5. The lowest BCUT2D eigenvalue weighted by Gasteiger charge is -2.02. The lowest BCUT2D eigenvalue weighted by Crippen LogP contribution is -2.17. The van der Waals surface area contributed by atoms with Gasteiger partial charge in [-0.05, 0) is 23.4 Å². The normalized spacial score (nSPS) is 11.0. The van der Waals surface area contributed by atoms with Gasteiger partial charge in [0.05, 0.1) is 18.0 Å². The van der Waals surface area contributed by atoms with Gasteiger partial charge in [-0.15, -0.1) is 5.10 Å². The van der Waals surface area contributed by atoms with Crippen LogP contribution in [0.4, 0.5) is 5.95 Å². The number of ether oxygens (including phenoxy) is 1. The molecule has 11 nitrogen and oxygen atoms in total. The van der Waals surface area contributed by atoms with Crippen molar-refractivity contribution in [3.63, 3.8) is 0 Å². The average Bonchev–Trinajstić information content (AvgIpc) is 3.24. The summed E-state index contributed by atoms with van der Waals surface area (Å²) in [5.41, 5.74) is 0.611. The van der Waals surface area contributed by atoms with Gasteiger partial charge in [0.2, 0.25) is 0 Å². The number of carbonyl (C=O) groups is 1. The zero-order valence-corrected chi connectivity index (χ0v) is 12.3. The fourth-order valence-corrected chi connectivity index (χ4v) is 2.30. The van der Waals surface area contributed by atoms with Crippen LogP contribution in [-0.2, 0) is 0 Å². The van der Waals surface area contributed by atoms with Gasteiger partial charge in [-0.1, -0.05) is 5.10 Å². The molecule has 0 spiro atoms. The third kappa shape index (κ3) is 2.15. The van der Waals surface area contributed by atoms with E-state index < -0.39 is 5.91 Å². The summed E-state index contributed by atoms with van der Waals surface area (Å²) in [6, 6.07) is 6.45. The van der Waals surface area contributed by atoms with Crippen LogP contribution in [0.25, 0.3) is 16.6 Å². The molecule has 4 aromatic rings. The second-order valence-corrected chi connectivity index (χ2v) is 4.85. The van der Waals surface area contributed by atoms with Crippen molar-refractivity contribution in [1.82, 2.24) is 35.2 Å². The highest BCUT2D eigenvalue weighted by Crippen LogP contribution is 2.17. The van der Waals surface area contributed by atoms with Crippen molar-refractivity contribution in [3.05, 3.63) is 40.3 Å². The van der Waals surface area contributed by atoms with E-state index in [0.29, 0.717) is 22.3 Å². The van der Waals surface area contributed by atoms with Gasteiger partial charge < -0.3 is 4.74 Å². The van der Waals surface area contributed by atoms with Gasteiger partial charge in [-0.2, -0.15) is 5.21 Å². The van der Waals surface area contributed by atoms with Gasteiger partial charge in [0.15, 0.2) is 5.65 Å². The number of anilines is 1. The number of amides is 1. The number of hydrogen-bond donors (Lipinski definition) is 3. The first-order chi connectivity index (χ1) is 11.7. The van der Waals surface area contributed by atoms with E-state index >= 15 is 0 Å². The predicted octanol–water partition coefficient (Wildman–Crippen LogP) is -0.0502. The lowest BCUT2D eigenvalue weighted by atomic mass is 10.2. The molecule has 4 rings (SSSR count). The minimum atomic E-state index is -0.525. The Labute approximate surface area is 132 Å². The Morgan fingerprint density at radius 3 is 2.96 bits per heavy atom. The quantitative estimate of drug-likeness (QED) is 0.479. The smallest absolute Gasteiger partial charge is 0.280 e. The summed E-state index contributed by atoms with van der Waals surface area (Å²) < 4.78 is 6.31. The van der Waals surface area contributed by atoms with Crippen molar-refractivity contribution in [2.75, 3.05) is 12.4 Å². The van der Waals surface area contributed by atoms with Crippen LogP contribution in [0.15, 0.2) is 29.1 Å². The molecule has 0 atom stereocenters. The van der Waals surface area contributed by atoms with Gasteiger partial charge >= 0.3 is 0 Å². The van der Waals surface area contributed by atoms with Crippen LogP contribution < -0.4 is 15.6 Å². The molecule has 0 fully saturated rings. The maximum absolute atomic E-state index is 12.6. The number of hydrogen-bond acceptors (Lipinski definition) is 7. The van der Waals surface area contributed by atoms with Crippen molar-refractivity contribution < 1.29 is 9.53 Å². The topological polar surface area (TPSA) is 143 Å². The molecule has 3 heterocycles. The molecule has 120 valence electrons. The summed E-state index contributed by atoms with van der Waals surface area (Å²) in [5, 5.41) is 18.3. The lowest BCUT2D eigenvalue weighted by molar-refractivity contribution is 0.102. The number of carbonyl (C=O) groups excluding carboxylic acids is 1. The molecular weight excluding hydrogens is 316 g/mol. The first-order valence-electron chi connectivity index (χ1n) is 6.80. The van der Waals surface area contributed by atoms with E-state index in [1.807, 2.05) is 0 Å². The van der Waals surface area contributed by atoms with Crippen LogP contribution in [0.2, 0.25) is 0 Å². The third-order valence-corrected chi connectivity index (χ3v) is 3.42. The molecule has 11 heteroatoms. The Morgan fingerprint density at radius 1 is 1.33 bits per heavy atom. The molecule has 1 amide bonds. The van der Waals surface area contributed by atoms with E-state index in [0.717, 1.165) is 0 Å². The largest absolute Gasteiger partial charge is 0.497 e. The molecule has 0 unspecified atom stereocenters. The van der Waals surface area contributed by atoms with Crippen molar-refractivity contribution in [2.24, 2.45) is 0 Å². The minimum absolute atomic E-state index is 0.0221. The van der Waals surface area contributed by atoms with Crippen LogP contribution in [0.5, 0.6) is 5.75 Å². The van der Waals surface area contributed by atoms with Crippen LogP contribution in [0, 0.1) is 0 Å².